The van der Waals surface area contributed by atoms with Crippen molar-refractivity contribution < 1.29 is 14.3 Å². The number of carbonyl (C=O) groups is 2. The van der Waals surface area contributed by atoms with Gasteiger partial charge in [-0.05, 0) is 48.5 Å². The number of pyridine rings is 1. The number of hydrogen-bond acceptors (Lipinski definition) is 5. The van der Waals surface area contributed by atoms with Crippen LogP contribution in [0.25, 0.3) is 11.0 Å². The van der Waals surface area contributed by atoms with Gasteiger partial charge in [0.15, 0.2) is 0 Å². The first-order chi connectivity index (χ1) is 15.6. The molecule has 32 heavy (non-hydrogen) atoms. The van der Waals surface area contributed by atoms with Gasteiger partial charge in [0, 0.05) is 11.9 Å². The van der Waals surface area contributed by atoms with Crippen LogP contribution in [0.3, 0.4) is 0 Å². The van der Waals surface area contributed by atoms with Gasteiger partial charge >= 0.3 is 0 Å². The fraction of sp³-hybridized carbons (Fsp3) is 0.167. The van der Waals surface area contributed by atoms with Gasteiger partial charge in [0.05, 0.1) is 36.8 Å². The van der Waals surface area contributed by atoms with Crippen LogP contribution in [0, 0.1) is 0 Å². The van der Waals surface area contributed by atoms with Crippen molar-refractivity contribution in [3.63, 3.8) is 0 Å². The molecule has 0 spiro atoms. The molecule has 0 saturated carbocycles. The van der Waals surface area contributed by atoms with E-state index in [0.29, 0.717) is 23.9 Å². The smallest absolute Gasteiger partial charge is 0.253 e. The summed E-state index contributed by atoms with van der Waals surface area (Å²) in [7, 11) is 1.59. The van der Waals surface area contributed by atoms with Gasteiger partial charge in [-0.25, -0.2) is 4.98 Å². The third kappa shape index (κ3) is 3.56. The second kappa shape index (κ2) is 8.14. The first kappa shape index (κ1) is 19.7. The third-order valence-electron chi connectivity index (χ3n) is 5.48. The highest BCUT2D eigenvalue weighted by Gasteiger charge is 2.41. The first-order valence-corrected chi connectivity index (χ1v) is 10.3. The fourth-order valence-electron chi connectivity index (χ4n) is 3.96. The molecule has 2 aromatic heterocycles. The number of fused-ring (bicyclic) bond motifs is 3. The van der Waals surface area contributed by atoms with Crippen LogP contribution < -0.4 is 15.0 Å². The Morgan fingerprint density at radius 2 is 1.84 bits per heavy atom. The van der Waals surface area contributed by atoms with Crippen molar-refractivity contribution in [3.8, 4) is 5.75 Å². The van der Waals surface area contributed by atoms with Crippen LogP contribution in [0.2, 0.25) is 0 Å². The van der Waals surface area contributed by atoms with Gasteiger partial charge in [0.1, 0.15) is 11.8 Å². The molecule has 0 radical (unpaired) electrons. The molecule has 4 aromatic rings. The minimum Gasteiger partial charge on any atom is -0.497 e. The average molecular weight is 427 g/mol. The van der Waals surface area contributed by atoms with Crippen molar-refractivity contribution in [2.75, 3.05) is 17.3 Å². The second-order valence-corrected chi connectivity index (χ2v) is 7.51. The van der Waals surface area contributed by atoms with Crippen molar-refractivity contribution in [2.24, 2.45) is 0 Å². The van der Waals surface area contributed by atoms with Crippen LogP contribution in [0.5, 0.6) is 5.75 Å². The standard InChI is InChI=1S/C24H21N5O3/c1-32-18-11-9-16(10-12-18)26-22(30)14-21-23(31)28(15-17-6-4-5-13-25-17)24-27-19-7-2-3-8-20(19)29(21)24/h2-13,21H,14-15H2,1H3,(H,26,30)/t21-/m0/s1. The second-order valence-electron chi connectivity index (χ2n) is 7.51. The zero-order valence-electron chi connectivity index (χ0n) is 17.4. The molecule has 8 nitrogen and oxygen atoms in total. The van der Waals surface area contributed by atoms with Crippen molar-refractivity contribution in [3.05, 3.63) is 78.6 Å². The number of hydrogen-bond donors (Lipinski definition) is 1. The van der Waals surface area contributed by atoms with E-state index in [1.807, 2.05) is 47.0 Å². The lowest BCUT2D eigenvalue weighted by atomic mass is 10.1. The van der Waals surface area contributed by atoms with E-state index >= 15 is 0 Å². The van der Waals surface area contributed by atoms with E-state index < -0.39 is 6.04 Å². The number of para-hydroxylation sites is 2. The largest absolute Gasteiger partial charge is 0.497 e. The molecule has 0 aliphatic carbocycles. The summed E-state index contributed by atoms with van der Waals surface area (Å²) >= 11 is 0. The molecule has 8 heteroatoms. The summed E-state index contributed by atoms with van der Waals surface area (Å²) in [5, 5.41) is 2.86. The van der Waals surface area contributed by atoms with Crippen LogP contribution in [0.4, 0.5) is 11.6 Å². The van der Waals surface area contributed by atoms with Gasteiger partial charge in [-0.1, -0.05) is 18.2 Å². The van der Waals surface area contributed by atoms with Crippen molar-refractivity contribution in [1.29, 1.82) is 0 Å². The molecular formula is C24H21N5O3. The monoisotopic (exact) mass is 427 g/mol. The molecule has 0 saturated heterocycles. The van der Waals surface area contributed by atoms with Crippen molar-refractivity contribution in [1.82, 2.24) is 14.5 Å². The zero-order valence-corrected chi connectivity index (χ0v) is 17.4. The van der Waals surface area contributed by atoms with E-state index in [-0.39, 0.29) is 18.2 Å². The van der Waals surface area contributed by atoms with Crippen molar-refractivity contribution >= 4 is 34.5 Å². The molecule has 1 aliphatic heterocycles. The van der Waals surface area contributed by atoms with Gasteiger partial charge in [-0.15, -0.1) is 0 Å². The fourth-order valence-corrected chi connectivity index (χ4v) is 3.96. The number of benzene rings is 2. The summed E-state index contributed by atoms with van der Waals surface area (Å²) < 4.78 is 7.00. The lowest BCUT2D eigenvalue weighted by molar-refractivity contribution is -0.124. The van der Waals surface area contributed by atoms with Gasteiger partial charge in [-0.2, -0.15) is 0 Å². The summed E-state index contributed by atoms with van der Waals surface area (Å²) in [5.41, 5.74) is 2.99. The minimum atomic E-state index is -0.681. The quantitative estimate of drug-likeness (QED) is 0.508. The Morgan fingerprint density at radius 3 is 2.59 bits per heavy atom. The molecule has 1 aliphatic rings. The maximum absolute atomic E-state index is 13.4. The lowest BCUT2D eigenvalue weighted by Gasteiger charge is -2.15. The Labute approximate surface area is 184 Å². The van der Waals surface area contributed by atoms with Gasteiger partial charge < -0.3 is 10.1 Å². The molecule has 2 amide bonds. The number of rotatable bonds is 6. The average Bonchev–Trinajstić information content (AvgIpc) is 3.31. The summed E-state index contributed by atoms with van der Waals surface area (Å²) in [6.45, 7) is 0.291. The lowest BCUT2D eigenvalue weighted by Crippen LogP contribution is -2.31. The van der Waals surface area contributed by atoms with E-state index in [4.69, 9.17) is 4.74 Å². The molecule has 5 rings (SSSR count). The van der Waals surface area contributed by atoms with Crippen LogP contribution in [-0.2, 0) is 16.1 Å². The predicted octanol–water partition coefficient (Wildman–Crippen LogP) is 3.56. The SMILES string of the molecule is COc1ccc(NC(=O)C[C@H]2C(=O)N(Cc3ccccn3)c3nc4ccccc4n32)cc1. The van der Waals surface area contributed by atoms with E-state index in [0.717, 1.165) is 16.7 Å². The van der Waals surface area contributed by atoms with Crippen LogP contribution in [0.15, 0.2) is 72.9 Å². The van der Waals surface area contributed by atoms with Crippen molar-refractivity contribution in [2.45, 2.75) is 19.0 Å². The number of nitrogens with zero attached hydrogens (tertiary/aromatic N) is 4. The third-order valence-corrected chi connectivity index (χ3v) is 5.48. The number of nitrogens with one attached hydrogen (secondary N) is 1. The number of imidazole rings is 1. The number of ether oxygens (including phenoxy) is 1. The number of methoxy groups -OCH3 is 1. The first-order valence-electron chi connectivity index (χ1n) is 10.3. The van der Waals surface area contributed by atoms with Crippen LogP contribution in [0.1, 0.15) is 18.2 Å². The van der Waals surface area contributed by atoms with E-state index in [1.165, 1.54) is 0 Å². The highest BCUT2D eigenvalue weighted by Crippen LogP contribution is 2.37. The summed E-state index contributed by atoms with van der Waals surface area (Å²) in [5.74, 6) is 0.809. The number of anilines is 2. The minimum absolute atomic E-state index is 0.00304. The topological polar surface area (TPSA) is 89.3 Å². The Morgan fingerprint density at radius 1 is 1.06 bits per heavy atom. The molecule has 0 unspecified atom stereocenters. The molecule has 160 valence electrons. The number of carbonyl (C=O) groups excluding carboxylic acids is 2. The highest BCUT2D eigenvalue weighted by atomic mass is 16.5. The van der Waals surface area contributed by atoms with Crippen LogP contribution in [-0.4, -0.2) is 33.5 Å². The molecule has 1 atom stereocenters. The Balaban J connectivity index is 1.44. The number of aromatic nitrogens is 3. The van der Waals surface area contributed by atoms with Gasteiger partial charge in [0.2, 0.25) is 11.9 Å². The zero-order chi connectivity index (χ0) is 22.1. The summed E-state index contributed by atoms with van der Waals surface area (Å²) in [6.07, 6.45) is 1.69. The molecule has 1 N–H and O–H groups in total. The van der Waals surface area contributed by atoms with Gasteiger partial charge in [-0.3, -0.25) is 24.0 Å². The molecule has 2 aromatic carbocycles. The van der Waals surface area contributed by atoms with Gasteiger partial charge in [0.25, 0.3) is 5.91 Å². The van der Waals surface area contributed by atoms with E-state index in [9.17, 15) is 9.59 Å². The molecular weight excluding hydrogens is 406 g/mol. The Hall–Kier alpha value is -4.20. The molecule has 0 fully saturated rings. The predicted molar refractivity (Wildman–Crippen MR) is 120 cm³/mol. The van der Waals surface area contributed by atoms with E-state index in [2.05, 4.69) is 15.3 Å². The van der Waals surface area contributed by atoms with Crippen LogP contribution >= 0.6 is 0 Å². The number of amides is 2. The molecule has 3 heterocycles. The molecule has 0 bridgehead atoms. The summed E-state index contributed by atoms with van der Waals surface area (Å²) in [4.78, 5) is 36.8. The highest BCUT2D eigenvalue weighted by molar-refractivity contribution is 6.05. The normalized spacial score (nSPS) is 15.1. The summed E-state index contributed by atoms with van der Waals surface area (Å²) in [6, 6.07) is 19.6. The Kier molecular flexibility index (Phi) is 5.03. The van der Waals surface area contributed by atoms with E-state index in [1.54, 1.807) is 42.5 Å². The maximum Gasteiger partial charge on any atom is 0.253 e. The Bertz CT molecular complexity index is 1280. The maximum atomic E-state index is 13.4.